The second-order valence-electron chi connectivity index (χ2n) is 5.21. The number of ketones is 1. The van der Waals surface area contributed by atoms with Crippen molar-refractivity contribution in [3.63, 3.8) is 0 Å². The Labute approximate surface area is 113 Å². The summed E-state index contributed by atoms with van der Waals surface area (Å²) in [5.74, 6) is 0.223. The Morgan fingerprint density at radius 2 is 1.79 bits per heavy atom. The van der Waals surface area contributed by atoms with Crippen LogP contribution in [0.4, 0.5) is 0 Å². The third-order valence-electron chi connectivity index (χ3n) is 3.85. The Balaban J connectivity index is 2.06. The Morgan fingerprint density at radius 3 is 2.58 bits per heavy atom. The number of rotatable bonds is 4. The third kappa shape index (κ3) is 2.10. The smallest absolute Gasteiger partial charge is 0.189 e. The first-order chi connectivity index (χ1) is 9.31. The molecule has 19 heavy (non-hydrogen) atoms. The number of allylic oxidation sites excluding steroid dienone is 1. The molecule has 0 aromatic heterocycles. The minimum absolute atomic E-state index is 0.223. The van der Waals surface area contributed by atoms with Crippen LogP contribution in [0.1, 0.15) is 48.5 Å². The Bertz CT molecular complexity index is 659. The van der Waals surface area contributed by atoms with Crippen LogP contribution in [-0.2, 0) is 0 Å². The monoisotopic (exact) mass is 250 g/mol. The largest absolute Gasteiger partial charge is 0.289 e. The fourth-order valence-corrected chi connectivity index (χ4v) is 2.86. The summed E-state index contributed by atoms with van der Waals surface area (Å²) in [6.07, 6.45) is 6.47. The molecule has 0 spiro atoms. The molecule has 1 aliphatic carbocycles. The van der Waals surface area contributed by atoms with E-state index < -0.39 is 0 Å². The summed E-state index contributed by atoms with van der Waals surface area (Å²) in [6.45, 7) is 2.19. The van der Waals surface area contributed by atoms with E-state index in [1.54, 1.807) is 0 Å². The van der Waals surface area contributed by atoms with Crippen LogP contribution in [0.5, 0.6) is 0 Å². The van der Waals surface area contributed by atoms with Crippen molar-refractivity contribution in [3.8, 4) is 0 Å². The van der Waals surface area contributed by atoms with Crippen molar-refractivity contribution in [2.45, 2.75) is 32.6 Å². The number of benzene rings is 2. The first-order valence-corrected chi connectivity index (χ1v) is 7.08. The van der Waals surface area contributed by atoms with Crippen LogP contribution in [0.15, 0.2) is 42.0 Å². The van der Waals surface area contributed by atoms with Gasteiger partial charge in [0.25, 0.3) is 0 Å². The van der Waals surface area contributed by atoms with Crippen molar-refractivity contribution in [1.29, 1.82) is 0 Å². The highest BCUT2D eigenvalue weighted by molar-refractivity contribution is 6.22. The van der Waals surface area contributed by atoms with Crippen LogP contribution in [0.25, 0.3) is 16.8 Å². The predicted molar refractivity (Wildman–Crippen MR) is 80.4 cm³/mol. The molecule has 0 radical (unpaired) electrons. The lowest BCUT2D eigenvalue weighted by Gasteiger charge is -2.16. The zero-order chi connectivity index (χ0) is 13.2. The van der Waals surface area contributed by atoms with Gasteiger partial charge in [0.05, 0.1) is 0 Å². The SMILES string of the molecule is CCCCCC1=Cc2cccc3cccc(c23)C1=O. The van der Waals surface area contributed by atoms with Crippen molar-refractivity contribution in [1.82, 2.24) is 0 Å². The van der Waals surface area contributed by atoms with Crippen LogP contribution < -0.4 is 0 Å². The van der Waals surface area contributed by atoms with E-state index in [2.05, 4.69) is 37.3 Å². The summed E-state index contributed by atoms with van der Waals surface area (Å²) in [5.41, 5.74) is 3.04. The van der Waals surface area contributed by atoms with Gasteiger partial charge in [-0.25, -0.2) is 0 Å². The van der Waals surface area contributed by atoms with Crippen LogP contribution >= 0.6 is 0 Å². The fourth-order valence-electron chi connectivity index (χ4n) is 2.86. The number of carbonyl (C=O) groups is 1. The average Bonchev–Trinajstić information content (AvgIpc) is 2.44. The first kappa shape index (κ1) is 12.2. The second-order valence-corrected chi connectivity index (χ2v) is 5.21. The number of unbranched alkanes of at least 4 members (excludes halogenated alkanes) is 2. The Kier molecular flexibility index (Phi) is 3.20. The van der Waals surface area contributed by atoms with Gasteiger partial charge in [-0.3, -0.25) is 4.79 Å². The van der Waals surface area contributed by atoms with Gasteiger partial charge >= 0.3 is 0 Å². The predicted octanol–water partition coefficient (Wildman–Crippen LogP) is 5.00. The van der Waals surface area contributed by atoms with Crippen molar-refractivity contribution in [2.75, 3.05) is 0 Å². The minimum atomic E-state index is 0.223. The summed E-state index contributed by atoms with van der Waals surface area (Å²) in [6, 6.07) is 12.3. The molecule has 1 nitrogen and oxygen atoms in total. The van der Waals surface area contributed by atoms with E-state index in [0.29, 0.717) is 0 Å². The van der Waals surface area contributed by atoms with Gasteiger partial charge in [-0.15, -0.1) is 0 Å². The van der Waals surface area contributed by atoms with E-state index in [-0.39, 0.29) is 5.78 Å². The summed E-state index contributed by atoms with van der Waals surface area (Å²) in [5, 5.41) is 2.28. The maximum Gasteiger partial charge on any atom is 0.189 e. The van der Waals surface area contributed by atoms with Crippen LogP contribution in [0, 0.1) is 0 Å². The molecule has 0 aliphatic heterocycles. The summed E-state index contributed by atoms with van der Waals surface area (Å²) in [7, 11) is 0. The van der Waals surface area contributed by atoms with Gasteiger partial charge in [0, 0.05) is 16.5 Å². The van der Waals surface area contributed by atoms with E-state index >= 15 is 0 Å². The molecule has 0 bridgehead atoms. The highest BCUT2D eigenvalue weighted by atomic mass is 16.1. The van der Waals surface area contributed by atoms with Gasteiger partial charge in [-0.2, -0.15) is 0 Å². The van der Waals surface area contributed by atoms with Crippen molar-refractivity contribution < 1.29 is 4.79 Å². The molecular formula is C18H18O. The standard InChI is InChI=1S/C18H18O/c1-2-3-4-7-15-12-14-10-5-8-13-9-6-11-16(17(13)14)18(15)19/h5-6,8-12H,2-4,7H2,1H3. The van der Waals surface area contributed by atoms with Gasteiger partial charge < -0.3 is 0 Å². The van der Waals surface area contributed by atoms with Gasteiger partial charge in [0.2, 0.25) is 0 Å². The summed E-state index contributed by atoms with van der Waals surface area (Å²) >= 11 is 0. The summed E-state index contributed by atoms with van der Waals surface area (Å²) < 4.78 is 0. The molecule has 0 unspecified atom stereocenters. The molecule has 0 atom stereocenters. The molecule has 0 fully saturated rings. The molecule has 0 amide bonds. The fraction of sp³-hybridized carbons (Fsp3) is 0.278. The number of hydrogen-bond acceptors (Lipinski definition) is 1. The molecule has 3 rings (SSSR count). The molecule has 0 N–H and O–H groups in total. The molecule has 0 saturated heterocycles. The summed E-state index contributed by atoms with van der Waals surface area (Å²) in [4.78, 5) is 12.5. The van der Waals surface area contributed by atoms with Crippen molar-refractivity contribution >= 4 is 22.6 Å². The minimum Gasteiger partial charge on any atom is -0.289 e. The Morgan fingerprint density at radius 1 is 1.00 bits per heavy atom. The van der Waals surface area contributed by atoms with Crippen molar-refractivity contribution in [3.05, 3.63) is 53.1 Å². The van der Waals surface area contributed by atoms with E-state index in [4.69, 9.17) is 0 Å². The van der Waals surface area contributed by atoms with E-state index in [1.165, 1.54) is 18.4 Å². The maximum atomic E-state index is 12.5. The second kappa shape index (κ2) is 5.00. The highest BCUT2D eigenvalue weighted by Crippen LogP contribution is 2.32. The van der Waals surface area contributed by atoms with Crippen LogP contribution in [0.2, 0.25) is 0 Å². The van der Waals surface area contributed by atoms with Gasteiger partial charge in [-0.05, 0) is 29.9 Å². The van der Waals surface area contributed by atoms with E-state index in [9.17, 15) is 4.79 Å². The molecular weight excluding hydrogens is 232 g/mol. The van der Waals surface area contributed by atoms with E-state index in [0.717, 1.165) is 34.8 Å². The topological polar surface area (TPSA) is 17.1 Å². The molecule has 2 aromatic carbocycles. The average molecular weight is 250 g/mol. The molecule has 0 heterocycles. The zero-order valence-corrected chi connectivity index (χ0v) is 11.3. The number of carbonyl (C=O) groups excluding carboxylic acids is 1. The lowest BCUT2D eigenvalue weighted by atomic mass is 9.86. The van der Waals surface area contributed by atoms with Crippen LogP contribution in [0.3, 0.4) is 0 Å². The maximum absolute atomic E-state index is 12.5. The molecule has 1 aliphatic rings. The number of Topliss-reactive ketones (excluding diaryl/α,β-unsaturated/α-hetero) is 1. The molecule has 1 heteroatoms. The van der Waals surface area contributed by atoms with E-state index in [1.807, 2.05) is 12.1 Å². The Hall–Kier alpha value is -1.89. The molecule has 96 valence electrons. The third-order valence-corrected chi connectivity index (χ3v) is 3.85. The van der Waals surface area contributed by atoms with Gasteiger partial charge in [-0.1, -0.05) is 56.2 Å². The zero-order valence-electron chi connectivity index (χ0n) is 11.3. The highest BCUT2D eigenvalue weighted by Gasteiger charge is 2.20. The first-order valence-electron chi connectivity index (χ1n) is 7.08. The lowest BCUT2D eigenvalue weighted by molar-refractivity contribution is 0.103. The lowest BCUT2D eigenvalue weighted by Crippen LogP contribution is -2.09. The van der Waals surface area contributed by atoms with Gasteiger partial charge in [0.1, 0.15) is 0 Å². The molecule has 2 aromatic rings. The quantitative estimate of drug-likeness (QED) is 0.698. The normalized spacial score (nSPS) is 13.7. The van der Waals surface area contributed by atoms with Crippen molar-refractivity contribution in [2.24, 2.45) is 0 Å². The number of hydrogen-bond donors (Lipinski definition) is 0. The van der Waals surface area contributed by atoms with Crippen LogP contribution in [-0.4, -0.2) is 5.78 Å². The van der Waals surface area contributed by atoms with Gasteiger partial charge in [0.15, 0.2) is 5.78 Å². The molecule has 0 saturated carbocycles.